The van der Waals surface area contributed by atoms with E-state index in [-0.39, 0.29) is 5.33 Å². The van der Waals surface area contributed by atoms with Crippen molar-refractivity contribution in [2.24, 2.45) is 0 Å². The van der Waals surface area contributed by atoms with Crippen molar-refractivity contribution in [2.45, 2.75) is 24.4 Å². The van der Waals surface area contributed by atoms with Crippen LogP contribution in [0.25, 0.3) is 0 Å². The lowest BCUT2D eigenvalue weighted by Crippen LogP contribution is -2.44. The van der Waals surface area contributed by atoms with Gasteiger partial charge in [-0.15, -0.1) is 0 Å². The van der Waals surface area contributed by atoms with Crippen molar-refractivity contribution < 1.29 is 27.1 Å². The SMILES string of the molecule is O=C1OC(CBr)CC1(F)C(F)(F)F. The van der Waals surface area contributed by atoms with Gasteiger partial charge in [0.15, 0.2) is 0 Å². The summed E-state index contributed by atoms with van der Waals surface area (Å²) >= 11 is 2.81. The summed E-state index contributed by atoms with van der Waals surface area (Å²) in [5.41, 5.74) is -3.83. The molecule has 2 nitrogen and oxygen atoms in total. The minimum Gasteiger partial charge on any atom is -0.459 e. The van der Waals surface area contributed by atoms with Crippen LogP contribution in [0.2, 0.25) is 0 Å². The maximum Gasteiger partial charge on any atom is 0.433 e. The molecule has 0 amide bonds. The minimum atomic E-state index is -5.19. The highest BCUT2D eigenvalue weighted by molar-refractivity contribution is 9.09. The second-order valence-electron chi connectivity index (χ2n) is 2.68. The summed E-state index contributed by atoms with van der Waals surface area (Å²) in [4.78, 5) is 10.6. The van der Waals surface area contributed by atoms with Gasteiger partial charge in [0.2, 0.25) is 0 Å². The van der Waals surface area contributed by atoms with E-state index in [1.807, 2.05) is 0 Å². The van der Waals surface area contributed by atoms with Gasteiger partial charge in [0.25, 0.3) is 0 Å². The molecular weight excluding hydrogens is 260 g/mol. The zero-order chi connectivity index (χ0) is 10.3. The molecule has 1 heterocycles. The van der Waals surface area contributed by atoms with Gasteiger partial charge in [-0.05, 0) is 0 Å². The quantitative estimate of drug-likeness (QED) is 0.411. The molecule has 1 aliphatic rings. The van der Waals surface area contributed by atoms with Gasteiger partial charge in [-0.25, -0.2) is 9.18 Å². The first kappa shape index (κ1) is 10.7. The molecule has 1 fully saturated rings. The highest BCUT2D eigenvalue weighted by Gasteiger charge is 2.67. The van der Waals surface area contributed by atoms with Gasteiger partial charge in [-0.3, -0.25) is 0 Å². The summed E-state index contributed by atoms with van der Waals surface area (Å²) in [7, 11) is 0. The molecule has 76 valence electrons. The number of halogens is 5. The number of ether oxygens (including phenoxy) is 1. The lowest BCUT2D eigenvalue weighted by Gasteiger charge is -2.17. The number of hydrogen-bond donors (Lipinski definition) is 0. The fourth-order valence-electron chi connectivity index (χ4n) is 1.00. The van der Waals surface area contributed by atoms with Crippen molar-refractivity contribution in [1.82, 2.24) is 0 Å². The van der Waals surface area contributed by atoms with E-state index >= 15 is 0 Å². The molecule has 1 saturated heterocycles. The monoisotopic (exact) mass is 264 g/mol. The van der Waals surface area contributed by atoms with E-state index < -0.39 is 30.3 Å². The summed E-state index contributed by atoms with van der Waals surface area (Å²) in [6.45, 7) is 0. The number of esters is 1. The van der Waals surface area contributed by atoms with Crippen LogP contribution in [0.5, 0.6) is 0 Å². The Hall–Kier alpha value is -0.330. The Labute approximate surface area is 79.4 Å². The summed E-state index contributed by atoms with van der Waals surface area (Å²) in [6.07, 6.45) is -7.21. The molecule has 7 heteroatoms. The molecule has 0 spiro atoms. The van der Waals surface area contributed by atoms with E-state index in [1.165, 1.54) is 0 Å². The van der Waals surface area contributed by atoms with Crippen LogP contribution in [-0.4, -0.2) is 29.2 Å². The predicted molar refractivity (Wildman–Crippen MR) is 38.2 cm³/mol. The number of hydrogen-bond acceptors (Lipinski definition) is 2. The van der Waals surface area contributed by atoms with Gasteiger partial charge < -0.3 is 4.74 Å². The van der Waals surface area contributed by atoms with Gasteiger partial charge >= 0.3 is 17.8 Å². The maximum absolute atomic E-state index is 13.0. The van der Waals surface area contributed by atoms with Crippen molar-refractivity contribution in [1.29, 1.82) is 0 Å². The molecule has 0 bridgehead atoms. The largest absolute Gasteiger partial charge is 0.459 e. The molecule has 2 unspecified atom stereocenters. The number of alkyl halides is 5. The first-order chi connectivity index (χ1) is 5.81. The lowest BCUT2D eigenvalue weighted by atomic mass is 10.0. The van der Waals surface area contributed by atoms with Crippen LogP contribution < -0.4 is 0 Å². The fraction of sp³-hybridized carbons (Fsp3) is 0.833. The first-order valence-electron chi connectivity index (χ1n) is 3.34. The third-order valence-corrected chi connectivity index (χ3v) is 2.45. The molecule has 2 atom stereocenters. The molecule has 0 aliphatic carbocycles. The summed E-state index contributed by atoms with van der Waals surface area (Å²) < 4.78 is 53.2. The van der Waals surface area contributed by atoms with Gasteiger partial charge in [0, 0.05) is 11.8 Å². The molecule has 0 aromatic carbocycles. The highest BCUT2D eigenvalue weighted by atomic mass is 79.9. The molecule has 0 aromatic heterocycles. The zero-order valence-electron chi connectivity index (χ0n) is 6.20. The van der Waals surface area contributed by atoms with E-state index in [0.29, 0.717) is 0 Å². The zero-order valence-corrected chi connectivity index (χ0v) is 7.78. The molecule has 0 N–H and O–H groups in total. The Morgan fingerprint density at radius 2 is 2.15 bits per heavy atom. The predicted octanol–water partition coefficient (Wildman–Crippen LogP) is 1.97. The number of rotatable bonds is 1. The van der Waals surface area contributed by atoms with Crippen molar-refractivity contribution in [2.75, 3.05) is 5.33 Å². The number of carbonyl (C=O) groups is 1. The van der Waals surface area contributed by atoms with E-state index in [2.05, 4.69) is 20.7 Å². The normalized spacial score (nSPS) is 34.8. The Balaban J connectivity index is 2.87. The van der Waals surface area contributed by atoms with Crippen LogP contribution in [0.15, 0.2) is 0 Å². The van der Waals surface area contributed by atoms with Crippen LogP contribution >= 0.6 is 15.9 Å². The topological polar surface area (TPSA) is 26.3 Å². The van der Waals surface area contributed by atoms with Crippen molar-refractivity contribution >= 4 is 21.9 Å². The number of carbonyl (C=O) groups excluding carboxylic acids is 1. The van der Waals surface area contributed by atoms with Crippen LogP contribution in [-0.2, 0) is 9.53 Å². The molecule has 0 aromatic rings. The minimum absolute atomic E-state index is 0.000486. The van der Waals surface area contributed by atoms with Gasteiger partial charge in [0.1, 0.15) is 6.10 Å². The molecule has 1 rings (SSSR count). The molecule has 0 radical (unpaired) electrons. The van der Waals surface area contributed by atoms with Crippen molar-refractivity contribution in [3.05, 3.63) is 0 Å². The van der Waals surface area contributed by atoms with Crippen LogP contribution in [0.1, 0.15) is 6.42 Å². The van der Waals surface area contributed by atoms with Crippen LogP contribution in [0, 0.1) is 0 Å². The number of cyclic esters (lactones) is 1. The maximum atomic E-state index is 13.0. The summed E-state index contributed by atoms with van der Waals surface area (Å²) in [6, 6.07) is 0. The fourth-order valence-corrected chi connectivity index (χ4v) is 1.36. The molecule has 13 heavy (non-hydrogen) atoms. The second kappa shape index (κ2) is 3.11. The van der Waals surface area contributed by atoms with E-state index in [1.54, 1.807) is 0 Å². The average molecular weight is 265 g/mol. The average Bonchev–Trinajstić information content (AvgIpc) is 2.28. The standard InChI is InChI=1S/C6H5BrF4O2/c7-2-3-1-5(8,4(12)13-3)6(9,10)11/h3H,1-2H2. The Morgan fingerprint density at radius 3 is 2.38 bits per heavy atom. The van der Waals surface area contributed by atoms with E-state index in [4.69, 9.17) is 0 Å². The Bertz CT molecular complexity index is 229. The van der Waals surface area contributed by atoms with Crippen molar-refractivity contribution in [3.8, 4) is 0 Å². The van der Waals surface area contributed by atoms with E-state index in [9.17, 15) is 22.4 Å². The molecular formula is C6H5BrF4O2. The molecule has 0 saturated carbocycles. The third kappa shape index (κ3) is 1.66. The van der Waals surface area contributed by atoms with Crippen LogP contribution in [0.4, 0.5) is 17.6 Å². The summed E-state index contributed by atoms with van der Waals surface area (Å²) in [5, 5.41) is 0.000486. The Morgan fingerprint density at radius 1 is 1.62 bits per heavy atom. The van der Waals surface area contributed by atoms with Gasteiger partial charge in [-0.1, -0.05) is 15.9 Å². The smallest absolute Gasteiger partial charge is 0.433 e. The molecule has 1 aliphatic heterocycles. The lowest BCUT2D eigenvalue weighted by molar-refractivity contribution is -0.226. The highest BCUT2D eigenvalue weighted by Crippen LogP contribution is 2.43. The van der Waals surface area contributed by atoms with Gasteiger partial charge in [0.05, 0.1) is 0 Å². The second-order valence-corrected chi connectivity index (χ2v) is 3.33. The van der Waals surface area contributed by atoms with Crippen LogP contribution in [0.3, 0.4) is 0 Å². The third-order valence-electron chi connectivity index (χ3n) is 1.73. The summed E-state index contributed by atoms with van der Waals surface area (Å²) in [5.74, 6) is -1.84. The first-order valence-corrected chi connectivity index (χ1v) is 4.46. The van der Waals surface area contributed by atoms with Crippen molar-refractivity contribution in [3.63, 3.8) is 0 Å². The van der Waals surface area contributed by atoms with E-state index in [0.717, 1.165) is 0 Å². The van der Waals surface area contributed by atoms with Gasteiger partial charge in [-0.2, -0.15) is 13.2 Å². The Kier molecular flexibility index (Phi) is 2.57.